The summed E-state index contributed by atoms with van der Waals surface area (Å²) in [6.07, 6.45) is 0. The molecule has 6 heteroatoms. The first-order chi connectivity index (χ1) is 7.50. The van der Waals surface area contributed by atoms with Gasteiger partial charge in [-0.1, -0.05) is 24.3 Å². The lowest BCUT2D eigenvalue weighted by atomic mass is 9.80. The Kier molecular flexibility index (Phi) is 4.33. The molecule has 5 nitrogen and oxygen atoms in total. The highest BCUT2D eigenvalue weighted by molar-refractivity contribution is 6.58. The van der Waals surface area contributed by atoms with Crippen molar-refractivity contribution < 1.29 is 14.8 Å². The highest BCUT2D eigenvalue weighted by Gasteiger charge is 2.09. The van der Waals surface area contributed by atoms with E-state index in [1.54, 1.807) is 38.4 Å². The van der Waals surface area contributed by atoms with Gasteiger partial charge in [-0.15, -0.1) is 0 Å². The highest BCUT2D eigenvalue weighted by atomic mass is 16.4. The smallest absolute Gasteiger partial charge is 0.423 e. The molecule has 0 aliphatic heterocycles. The highest BCUT2D eigenvalue weighted by Crippen LogP contribution is 1.97. The summed E-state index contributed by atoms with van der Waals surface area (Å²) in [7, 11) is 1.88. The third-order valence-electron chi connectivity index (χ3n) is 2.13. The molecule has 0 heterocycles. The lowest BCUT2D eigenvalue weighted by Gasteiger charge is -2.12. The molecule has 0 aliphatic rings. The number of rotatable bonds is 3. The Labute approximate surface area is 94.8 Å². The number of hydrogen-bond donors (Lipinski definition) is 3. The van der Waals surface area contributed by atoms with Crippen LogP contribution in [0, 0.1) is 0 Å². The van der Waals surface area contributed by atoms with Gasteiger partial charge < -0.3 is 20.3 Å². The summed E-state index contributed by atoms with van der Waals surface area (Å²) in [5.41, 5.74) is 1.34. The van der Waals surface area contributed by atoms with Crippen molar-refractivity contribution in [3.05, 3.63) is 29.8 Å². The minimum Gasteiger partial charge on any atom is -0.423 e. The van der Waals surface area contributed by atoms with Crippen molar-refractivity contribution in [2.45, 2.75) is 6.54 Å². The molecule has 0 spiro atoms. The van der Waals surface area contributed by atoms with Crippen molar-refractivity contribution in [3.63, 3.8) is 0 Å². The second kappa shape index (κ2) is 5.53. The SMILES string of the molecule is CN(C)C(=O)NCc1ccc(B(O)O)cc1. The van der Waals surface area contributed by atoms with Gasteiger partial charge in [0.25, 0.3) is 0 Å². The van der Waals surface area contributed by atoms with Gasteiger partial charge in [-0.25, -0.2) is 4.79 Å². The zero-order chi connectivity index (χ0) is 12.1. The fourth-order valence-corrected chi connectivity index (χ4v) is 1.14. The van der Waals surface area contributed by atoms with Crippen molar-refractivity contribution in [2.24, 2.45) is 0 Å². The molecule has 0 fully saturated rings. The molecule has 1 aromatic carbocycles. The monoisotopic (exact) mass is 222 g/mol. The van der Waals surface area contributed by atoms with Crippen LogP contribution in [0.5, 0.6) is 0 Å². The van der Waals surface area contributed by atoms with Crippen LogP contribution in [0.3, 0.4) is 0 Å². The Bertz CT molecular complexity index is 352. The molecule has 1 aromatic rings. The molecule has 0 atom stereocenters. The fraction of sp³-hybridized carbons (Fsp3) is 0.300. The summed E-state index contributed by atoms with van der Waals surface area (Å²) in [5, 5.41) is 20.5. The molecule has 0 radical (unpaired) electrons. The first kappa shape index (κ1) is 12.5. The van der Waals surface area contributed by atoms with E-state index in [9.17, 15) is 4.79 Å². The van der Waals surface area contributed by atoms with Crippen molar-refractivity contribution in [3.8, 4) is 0 Å². The van der Waals surface area contributed by atoms with Crippen molar-refractivity contribution in [1.82, 2.24) is 10.2 Å². The summed E-state index contributed by atoms with van der Waals surface area (Å²) in [4.78, 5) is 12.7. The predicted molar refractivity (Wildman–Crippen MR) is 62.2 cm³/mol. The molecule has 0 saturated heterocycles. The normalized spacial score (nSPS) is 9.75. The lowest BCUT2D eigenvalue weighted by Crippen LogP contribution is -2.34. The summed E-state index contributed by atoms with van der Waals surface area (Å²) in [5.74, 6) is 0. The van der Waals surface area contributed by atoms with Gasteiger partial charge in [0.2, 0.25) is 0 Å². The molecule has 0 unspecified atom stereocenters. The van der Waals surface area contributed by atoms with Crippen LogP contribution >= 0.6 is 0 Å². The average Bonchev–Trinajstić information content (AvgIpc) is 2.26. The van der Waals surface area contributed by atoms with E-state index in [-0.39, 0.29) is 6.03 Å². The van der Waals surface area contributed by atoms with E-state index in [2.05, 4.69) is 5.32 Å². The maximum atomic E-state index is 11.2. The molecule has 3 N–H and O–H groups in total. The van der Waals surface area contributed by atoms with Gasteiger partial charge in [0, 0.05) is 20.6 Å². The molecule has 2 amide bonds. The van der Waals surface area contributed by atoms with Crippen LogP contribution < -0.4 is 10.8 Å². The zero-order valence-electron chi connectivity index (χ0n) is 9.34. The van der Waals surface area contributed by atoms with Crippen molar-refractivity contribution in [1.29, 1.82) is 0 Å². The van der Waals surface area contributed by atoms with Gasteiger partial charge in [-0.2, -0.15) is 0 Å². The number of urea groups is 1. The number of carbonyl (C=O) groups is 1. The molecule has 0 bridgehead atoms. The second-order valence-electron chi connectivity index (χ2n) is 3.67. The third-order valence-corrected chi connectivity index (χ3v) is 2.13. The fourth-order valence-electron chi connectivity index (χ4n) is 1.14. The minimum absolute atomic E-state index is 0.161. The van der Waals surface area contributed by atoms with Crippen LogP contribution in [0.15, 0.2) is 24.3 Å². The second-order valence-corrected chi connectivity index (χ2v) is 3.67. The van der Waals surface area contributed by atoms with Crippen LogP contribution in [-0.2, 0) is 6.54 Å². The van der Waals surface area contributed by atoms with E-state index in [4.69, 9.17) is 10.0 Å². The zero-order valence-corrected chi connectivity index (χ0v) is 9.34. The van der Waals surface area contributed by atoms with E-state index in [1.165, 1.54) is 4.90 Å². The molecule has 86 valence electrons. The largest absolute Gasteiger partial charge is 0.488 e. The Morgan fingerprint density at radius 1 is 1.31 bits per heavy atom. The van der Waals surface area contributed by atoms with E-state index in [0.717, 1.165) is 5.56 Å². The standard InChI is InChI=1S/C10H15BN2O3/c1-13(2)10(14)12-7-8-3-5-9(6-4-8)11(15)16/h3-6,15-16H,7H2,1-2H3,(H,12,14). The molecule has 1 rings (SSSR count). The molecule has 0 aliphatic carbocycles. The number of nitrogens with zero attached hydrogens (tertiary/aromatic N) is 1. The maximum Gasteiger partial charge on any atom is 0.488 e. The topological polar surface area (TPSA) is 72.8 Å². The summed E-state index contributed by atoms with van der Waals surface area (Å²) >= 11 is 0. The van der Waals surface area contributed by atoms with Crippen LogP contribution in [0.25, 0.3) is 0 Å². The molecule has 16 heavy (non-hydrogen) atoms. The van der Waals surface area contributed by atoms with Crippen LogP contribution in [0.2, 0.25) is 0 Å². The summed E-state index contributed by atoms with van der Waals surface area (Å²) < 4.78 is 0. The number of amides is 2. The van der Waals surface area contributed by atoms with Crippen LogP contribution in [-0.4, -0.2) is 42.2 Å². The Balaban J connectivity index is 2.53. The number of carbonyl (C=O) groups excluding carboxylic acids is 1. The quantitative estimate of drug-likeness (QED) is 0.582. The van der Waals surface area contributed by atoms with E-state index in [0.29, 0.717) is 12.0 Å². The first-order valence-corrected chi connectivity index (χ1v) is 4.91. The Hall–Kier alpha value is -1.53. The number of nitrogens with one attached hydrogen (secondary N) is 1. The molecule has 0 aromatic heterocycles. The minimum atomic E-state index is -1.45. The van der Waals surface area contributed by atoms with Gasteiger partial charge >= 0.3 is 13.1 Å². The molecular weight excluding hydrogens is 207 g/mol. The van der Waals surface area contributed by atoms with Gasteiger partial charge in [-0.3, -0.25) is 0 Å². The van der Waals surface area contributed by atoms with E-state index < -0.39 is 7.12 Å². The van der Waals surface area contributed by atoms with Crippen molar-refractivity contribution in [2.75, 3.05) is 14.1 Å². The van der Waals surface area contributed by atoms with Crippen LogP contribution in [0.1, 0.15) is 5.56 Å². The lowest BCUT2D eigenvalue weighted by molar-refractivity contribution is 0.217. The third kappa shape index (κ3) is 3.56. The summed E-state index contributed by atoms with van der Waals surface area (Å²) in [6, 6.07) is 6.55. The van der Waals surface area contributed by atoms with E-state index >= 15 is 0 Å². The first-order valence-electron chi connectivity index (χ1n) is 4.91. The van der Waals surface area contributed by atoms with Gasteiger partial charge in [0.15, 0.2) is 0 Å². The Morgan fingerprint density at radius 3 is 2.31 bits per heavy atom. The van der Waals surface area contributed by atoms with Gasteiger partial charge in [-0.05, 0) is 11.0 Å². The van der Waals surface area contributed by atoms with Gasteiger partial charge in [0.05, 0.1) is 0 Å². The summed E-state index contributed by atoms with van der Waals surface area (Å²) in [6.45, 7) is 0.415. The molecule has 0 saturated carbocycles. The van der Waals surface area contributed by atoms with Crippen molar-refractivity contribution >= 4 is 18.6 Å². The van der Waals surface area contributed by atoms with Gasteiger partial charge in [0.1, 0.15) is 0 Å². The predicted octanol–water partition coefficient (Wildman–Crippen LogP) is -0.862. The van der Waals surface area contributed by atoms with Crippen LogP contribution in [0.4, 0.5) is 4.79 Å². The van der Waals surface area contributed by atoms with E-state index in [1.807, 2.05) is 0 Å². The number of benzene rings is 1. The Morgan fingerprint density at radius 2 is 1.88 bits per heavy atom. The molecular formula is C10H15BN2O3. The average molecular weight is 222 g/mol. The number of hydrogen-bond acceptors (Lipinski definition) is 3. The maximum absolute atomic E-state index is 11.2.